The fraction of sp³-hybridized carbons (Fsp3) is 0.611. The van der Waals surface area contributed by atoms with E-state index in [4.69, 9.17) is 4.74 Å². The van der Waals surface area contributed by atoms with E-state index in [1.165, 1.54) is 5.56 Å². The van der Waals surface area contributed by atoms with E-state index in [2.05, 4.69) is 46.5 Å². The number of nitrogens with zero attached hydrogens (tertiary/aromatic N) is 1. The Bertz CT molecular complexity index is 552. The van der Waals surface area contributed by atoms with E-state index in [0.29, 0.717) is 6.61 Å². The minimum Gasteiger partial charge on any atom is -0.465 e. The maximum atomic E-state index is 12.6. The van der Waals surface area contributed by atoms with Crippen molar-refractivity contribution in [3.05, 3.63) is 35.9 Å². The Kier molecular flexibility index (Phi) is 5.28. The molecule has 3 rings (SSSR count). The minimum absolute atomic E-state index is 0.0129. The molecule has 1 aromatic carbocycles. The number of benzene rings is 1. The maximum absolute atomic E-state index is 12.6. The van der Waals surface area contributed by atoms with E-state index in [0.717, 1.165) is 12.8 Å². The first-order valence-electron chi connectivity index (χ1n) is 8.37. The second kappa shape index (κ2) is 7.07. The number of alkyl halides is 1. The van der Waals surface area contributed by atoms with Crippen molar-refractivity contribution in [2.75, 3.05) is 6.61 Å². The lowest BCUT2D eigenvalue weighted by atomic mass is 9.85. The van der Waals surface area contributed by atoms with Crippen LogP contribution < -0.4 is 0 Å². The molecule has 1 aliphatic carbocycles. The van der Waals surface area contributed by atoms with Crippen LogP contribution in [0.4, 0.5) is 0 Å². The number of fused-ring (bicyclic) bond motifs is 2. The summed E-state index contributed by atoms with van der Waals surface area (Å²) in [6.07, 6.45) is 1.27. The van der Waals surface area contributed by atoms with Crippen LogP contribution in [0, 0.1) is 5.92 Å². The van der Waals surface area contributed by atoms with Crippen molar-refractivity contribution in [3.8, 4) is 0 Å². The van der Waals surface area contributed by atoms with Crippen LogP contribution in [0.2, 0.25) is 0 Å². The molecule has 1 aromatic rings. The van der Waals surface area contributed by atoms with Crippen molar-refractivity contribution in [1.29, 1.82) is 0 Å². The van der Waals surface area contributed by atoms with E-state index < -0.39 is 0 Å². The predicted octanol–water partition coefficient (Wildman–Crippen LogP) is 2.94. The molecule has 126 valence electrons. The molecule has 5 heteroatoms. The summed E-state index contributed by atoms with van der Waals surface area (Å²) in [6, 6.07) is 10.0. The maximum Gasteiger partial charge on any atom is 0.323 e. The monoisotopic (exact) mass is 429 g/mol. The third-order valence-electron chi connectivity index (χ3n) is 5.25. The van der Waals surface area contributed by atoms with Crippen LogP contribution in [0.3, 0.4) is 0 Å². The van der Waals surface area contributed by atoms with Gasteiger partial charge in [-0.15, -0.1) is 0 Å². The van der Waals surface area contributed by atoms with Crippen LogP contribution in [0.1, 0.15) is 38.3 Å². The first kappa shape index (κ1) is 17.2. The summed E-state index contributed by atoms with van der Waals surface area (Å²) in [5.41, 5.74) is 1.17. The van der Waals surface area contributed by atoms with Gasteiger partial charge in [0.05, 0.1) is 12.7 Å². The van der Waals surface area contributed by atoms with Crippen molar-refractivity contribution in [2.45, 2.75) is 54.8 Å². The van der Waals surface area contributed by atoms with Crippen molar-refractivity contribution < 1.29 is 14.6 Å². The molecule has 2 aliphatic rings. The lowest BCUT2D eigenvalue weighted by Gasteiger charge is -2.37. The van der Waals surface area contributed by atoms with Gasteiger partial charge in [-0.3, -0.25) is 9.69 Å². The second-order valence-electron chi connectivity index (χ2n) is 6.47. The zero-order valence-corrected chi connectivity index (χ0v) is 15.7. The standard InChI is InChI=1S/C18H24INO3/c1-3-23-18(22)16-13-9-10-14(21)17(15(13)19)20(16)11(2)12-7-5-4-6-8-12/h4-8,11,13-17,21H,3,9-10H2,1-2H3/t11-,13?,14-,15?,16+,17?/m1/s1. The molecule has 0 aromatic heterocycles. The fourth-order valence-electron chi connectivity index (χ4n) is 4.19. The summed E-state index contributed by atoms with van der Waals surface area (Å²) in [7, 11) is 0. The average Bonchev–Trinajstić information content (AvgIpc) is 2.75. The number of hydrogen-bond acceptors (Lipinski definition) is 4. The molecule has 0 amide bonds. The summed E-state index contributed by atoms with van der Waals surface area (Å²) in [5, 5.41) is 10.6. The third kappa shape index (κ3) is 3.03. The highest BCUT2D eigenvalue weighted by Gasteiger charge is 2.57. The van der Waals surface area contributed by atoms with Gasteiger partial charge in [0, 0.05) is 16.0 Å². The van der Waals surface area contributed by atoms with E-state index >= 15 is 0 Å². The first-order valence-corrected chi connectivity index (χ1v) is 9.62. The van der Waals surface area contributed by atoms with Gasteiger partial charge in [0.25, 0.3) is 0 Å². The van der Waals surface area contributed by atoms with Gasteiger partial charge in [0.2, 0.25) is 0 Å². The minimum atomic E-state index is -0.376. The van der Waals surface area contributed by atoms with E-state index in [1.54, 1.807) is 0 Å². The number of aliphatic hydroxyl groups excluding tert-OH is 1. The zero-order chi connectivity index (χ0) is 16.6. The van der Waals surface area contributed by atoms with Gasteiger partial charge in [0.15, 0.2) is 0 Å². The number of esters is 1. The molecule has 1 saturated carbocycles. The van der Waals surface area contributed by atoms with Crippen LogP contribution in [-0.4, -0.2) is 44.7 Å². The summed E-state index contributed by atoms with van der Waals surface area (Å²) in [5.74, 6) is 0.118. The van der Waals surface area contributed by atoms with Gasteiger partial charge in [0.1, 0.15) is 6.04 Å². The predicted molar refractivity (Wildman–Crippen MR) is 97.4 cm³/mol. The van der Waals surface area contributed by atoms with Gasteiger partial charge in [-0.25, -0.2) is 0 Å². The van der Waals surface area contributed by atoms with E-state index in [-0.39, 0.29) is 40.0 Å². The smallest absolute Gasteiger partial charge is 0.323 e. The molecule has 0 radical (unpaired) electrons. The molecule has 6 atom stereocenters. The average molecular weight is 429 g/mol. The van der Waals surface area contributed by atoms with Crippen LogP contribution in [0.25, 0.3) is 0 Å². The Labute approximate surface area is 151 Å². The Balaban J connectivity index is 1.97. The zero-order valence-electron chi connectivity index (χ0n) is 13.6. The van der Waals surface area contributed by atoms with Crippen molar-refractivity contribution >= 4 is 28.6 Å². The van der Waals surface area contributed by atoms with Gasteiger partial charge < -0.3 is 9.84 Å². The van der Waals surface area contributed by atoms with Crippen molar-refractivity contribution in [1.82, 2.24) is 4.90 Å². The SMILES string of the molecule is CCOC(=O)[C@@H]1C2CC[C@@H](O)C(C2I)N1[C@H](C)c1ccccc1. The summed E-state index contributed by atoms with van der Waals surface area (Å²) in [4.78, 5) is 14.9. The van der Waals surface area contributed by atoms with E-state index in [9.17, 15) is 9.90 Å². The van der Waals surface area contributed by atoms with Crippen molar-refractivity contribution in [2.24, 2.45) is 5.92 Å². The Morgan fingerprint density at radius 1 is 1.39 bits per heavy atom. The third-order valence-corrected chi connectivity index (χ3v) is 6.91. The molecule has 1 saturated heterocycles. The van der Waals surface area contributed by atoms with Crippen LogP contribution in [0.5, 0.6) is 0 Å². The van der Waals surface area contributed by atoms with Gasteiger partial charge >= 0.3 is 5.97 Å². The molecule has 3 unspecified atom stereocenters. The molecule has 2 fully saturated rings. The van der Waals surface area contributed by atoms with Gasteiger partial charge in [-0.1, -0.05) is 52.9 Å². The Hall–Kier alpha value is -0.660. The number of ether oxygens (including phenoxy) is 1. The second-order valence-corrected chi connectivity index (χ2v) is 7.91. The van der Waals surface area contributed by atoms with Crippen LogP contribution >= 0.6 is 22.6 Å². The quantitative estimate of drug-likeness (QED) is 0.455. The largest absolute Gasteiger partial charge is 0.465 e. The molecule has 4 nitrogen and oxygen atoms in total. The molecular weight excluding hydrogens is 405 g/mol. The summed E-state index contributed by atoms with van der Waals surface area (Å²) < 4.78 is 5.64. The Morgan fingerprint density at radius 2 is 2.09 bits per heavy atom. The molecule has 1 heterocycles. The highest BCUT2D eigenvalue weighted by molar-refractivity contribution is 14.1. The molecule has 2 bridgehead atoms. The van der Waals surface area contributed by atoms with Crippen LogP contribution in [-0.2, 0) is 9.53 Å². The lowest BCUT2D eigenvalue weighted by Crippen LogP contribution is -2.48. The molecule has 1 aliphatic heterocycles. The lowest BCUT2D eigenvalue weighted by molar-refractivity contribution is -0.151. The normalized spacial score (nSPS) is 35.0. The molecule has 23 heavy (non-hydrogen) atoms. The Morgan fingerprint density at radius 3 is 2.74 bits per heavy atom. The number of aliphatic hydroxyl groups is 1. The van der Waals surface area contributed by atoms with E-state index in [1.807, 2.05) is 25.1 Å². The first-order chi connectivity index (χ1) is 11.1. The highest BCUT2D eigenvalue weighted by atomic mass is 127. The highest BCUT2D eigenvalue weighted by Crippen LogP contribution is 2.48. The number of halogens is 1. The van der Waals surface area contributed by atoms with Gasteiger partial charge in [-0.2, -0.15) is 0 Å². The number of hydrogen-bond donors (Lipinski definition) is 1. The number of carbonyl (C=O) groups is 1. The van der Waals surface area contributed by atoms with Gasteiger partial charge in [-0.05, 0) is 38.2 Å². The molecule has 1 N–H and O–H groups in total. The molecular formula is C18H24INO3. The topological polar surface area (TPSA) is 49.8 Å². The molecule has 0 spiro atoms. The summed E-state index contributed by atoms with van der Waals surface area (Å²) in [6.45, 7) is 4.37. The van der Waals surface area contributed by atoms with Crippen molar-refractivity contribution in [3.63, 3.8) is 0 Å². The number of likely N-dealkylation sites (tertiary alicyclic amines) is 1. The fourth-order valence-corrected chi connectivity index (χ4v) is 5.79. The number of rotatable bonds is 4. The van der Waals surface area contributed by atoms with Crippen LogP contribution in [0.15, 0.2) is 30.3 Å². The number of carbonyl (C=O) groups excluding carboxylic acids is 1. The summed E-state index contributed by atoms with van der Waals surface area (Å²) >= 11 is 2.42.